The Hall–Kier alpha value is 1.20. The van der Waals surface area contributed by atoms with Gasteiger partial charge in [-0.2, -0.15) is 0 Å². The zero-order chi connectivity index (χ0) is 15.3. The third-order valence-electron chi connectivity index (χ3n) is 3.35. The van der Waals surface area contributed by atoms with Gasteiger partial charge in [-0.25, -0.2) is 0 Å². The summed E-state index contributed by atoms with van der Waals surface area (Å²) in [6.45, 7) is 4.46. The van der Waals surface area contributed by atoms with E-state index in [-0.39, 0.29) is 0 Å². The fourth-order valence-corrected chi connectivity index (χ4v) is 4.62. The van der Waals surface area contributed by atoms with Gasteiger partial charge in [0.15, 0.2) is 0 Å². The van der Waals surface area contributed by atoms with E-state index in [1.165, 1.54) is 77.0 Å². The molecule has 0 spiro atoms. The van der Waals surface area contributed by atoms with E-state index in [9.17, 15) is 6.15 Å². The van der Waals surface area contributed by atoms with Gasteiger partial charge in [0.2, 0.25) is 0 Å². The quantitative estimate of drug-likeness (QED) is 0.247. The van der Waals surface area contributed by atoms with Crippen LogP contribution in [0.1, 0.15) is 90.9 Å². The van der Waals surface area contributed by atoms with E-state index in [1.807, 2.05) is 0 Å². The molecule has 0 rings (SSSR count). The van der Waals surface area contributed by atoms with Crippen LogP contribution in [0, 0.1) is 0 Å². The fourth-order valence-electron chi connectivity index (χ4n) is 2.02. The molecule has 0 aliphatic rings. The van der Waals surface area contributed by atoms with Crippen LogP contribution < -0.4 is 0 Å². The van der Waals surface area contributed by atoms with Gasteiger partial charge in [0, 0.05) is 0 Å². The van der Waals surface area contributed by atoms with Crippen molar-refractivity contribution in [1.29, 1.82) is 0 Å². The van der Waals surface area contributed by atoms with Gasteiger partial charge in [0.05, 0.1) is 0 Å². The zero-order valence-corrected chi connectivity index (χ0v) is 20.5. The van der Waals surface area contributed by atoms with Crippen LogP contribution in [0.25, 0.3) is 0 Å². The predicted octanol–water partition coefficient (Wildman–Crippen LogP) is 5.09. The monoisotopic (exact) mass is 500 g/mol. The molecule has 20 heavy (non-hydrogen) atoms. The van der Waals surface area contributed by atoms with Gasteiger partial charge in [-0.05, 0) is 0 Å². The van der Waals surface area contributed by atoms with Crippen LogP contribution in [-0.4, -0.2) is 42.3 Å². The summed E-state index contributed by atoms with van der Waals surface area (Å²) < 4.78 is 22.6. The first-order valence-corrected chi connectivity index (χ1v) is 16.1. The molecule has 0 amide bonds. The summed E-state index contributed by atoms with van der Waals surface area (Å²) in [5, 5.41) is 0. The Balaban J connectivity index is 0. The molecule has 0 heterocycles. The van der Waals surface area contributed by atoms with Gasteiger partial charge < -0.3 is 0 Å². The molecule has 4 heteroatoms. The predicted molar refractivity (Wildman–Crippen MR) is 92.0 cm³/mol. The second-order valence-electron chi connectivity index (χ2n) is 5.45. The average molecular weight is 498 g/mol. The molecule has 0 saturated carbocycles. The van der Waals surface area contributed by atoms with Gasteiger partial charge in [0.1, 0.15) is 0 Å². The van der Waals surface area contributed by atoms with E-state index in [0.717, 1.165) is 8.87 Å². The maximum absolute atomic E-state index is 10.2. The molecule has 0 saturated heterocycles. The molecular weight excluding hydrogens is 462 g/mol. The van der Waals surface area contributed by atoms with E-state index in [0.29, 0.717) is 0 Å². The van der Waals surface area contributed by atoms with Crippen LogP contribution in [-0.2, 0) is 6.15 Å². The van der Waals surface area contributed by atoms with Crippen molar-refractivity contribution in [1.82, 2.24) is 0 Å². The molecule has 0 radical (unpaired) electrons. The van der Waals surface area contributed by atoms with Crippen molar-refractivity contribution in [2.24, 2.45) is 0 Å². The second kappa shape index (κ2) is 25.2. The Bertz CT molecular complexity index is 167. The standard InChI is InChI=1S/2C8H17.2O.2Sn.2H/c2*1-3-5-7-8-6-4-2;;;;;;/h2*1,3-8H2,2H3;;;;;;. The summed E-state index contributed by atoms with van der Waals surface area (Å²) in [7, 11) is 0. The maximum atomic E-state index is 10.2. The number of hydrogen-bond donors (Lipinski definition) is 0. The van der Waals surface area contributed by atoms with Crippen molar-refractivity contribution >= 4 is 42.3 Å². The molecular formula is C16H36O2Sn2. The molecule has 0 aromatic heterocycles. The molecule has 0 N–H and O–H groups in total. The van der Waals surface area contributed by atoms with Crippen LogP contribution in [0.2, 0.25) is 8.87 Å². The number of rotatable bonds is 14. The Morgan fingerprint density at radius 1 is 0.500 bits per heavy atom. The Labute approximate surface area is 147 Å². The molecule has 0 fully saturated rings. The third-order valence-corrected chi connectivity index (χ3v) is 7.03. The fraction of sp³-hybridized carbons (Fsp3) is 1.00. The molecule has 120 valence electrons. The van der Waals surface area contributed by atoms with Gasteiger partial charge in [0.25, 0.3) is 0 Å². The van der Waals surface area contributed by atoms with Crippen molar-refractivity contribution in [3.63, 3.8) is 0 Å². The normalized spacial score (nSPS) is 9.70. The van der Waals surface area contributed by atoms with Crippen molar-refractivity contribution in [2.75, 3.05) is 0 Å². The minimum atomic E-state index is -1.24. The van der Waals surface area contributed by atoms with E-state index in [1.54, 1.807) is 0 Å². The first-order chi connectivity index (χ1) is 9.83. The van der Waals surface area contributed by atoms with E-state index in [4.69, 9.17) is 0 Å². The Morgan fingerprint density at radius 3 is 1.10 bits per heavy atom. The summed E-state index contributed by atoms with van der Waals surface area (Å²) >= 11 is -2.48. The molecule has 0 atom stereocenters. The first kappa shape index (κ1) is 23.5. The van der Waals surface area contributed by atoms with Gasteiger partial charge in [-0.15, -0.1) is 0 Å². The molecule has 0 unspecified atom stereocenters. The summed E-state index contributed by atoms with van der Waals surface area (Å²) in [4.78, 5) is 0. The molecule has 0 aromatic rings. The molecule has 0 aromatic carbocycles. The molecule has 0 aliphatic carbocycles. The Kier molecular flexibility index (Phi) is 29.5. The minimum absolute atomic E-state index is 1.07. The van der Waals surface area contributed by atoms with Crippen molar-refractivity contribution in [3.8, 4) is 0 Å². The Morgan fingerprint density at radius 2 is 0.800 bits per heavy atom. The van der Waals surface area contributed by atoms with E-state index in [2.05, 4.69) is 13.8 Å². The average Bonchev–Trinajstić information content (AvgIpc) is 2.47. The summed E-state index contributed by atoms with van der Waals surface area (Å²) in [6, 6.07) is 0. The van der Waals surface area contributed by atoms with Crippen molar-refractivity contribution in [3.05, 3.63) is 0 Å². The summed E-state index contributed by atoms with van der Waals surface area (Å²) in [5.41, 5.74) is 0. The topological polar surface area (TPSA) is 34.1 Å². The summed E-state index contributed by atoms with van der Waals surface area (Å²) in [6.07, 6.45) is 15.9. The van der Waals surface area contributed by atoms with Crippen LogP contribution in [0.5, 0.6) is 0 Å². The van der Waals surface area contributed by atoms with E-state index >= 15 is 0 Å². The zero-order valence-electron chi connectivity index (χ0n) is 13.9. The van der Waals surface area contributed by atoms with Crippen LogP contribution in [0.4, 0.5) is 0 Å². The van der Waals surface area contributed by atoms with Crippen LogP contribution in [0.3, 0.4) is 0 Å². The first-order valence-electron chi connectivity index (χ1n) is 8.70. The second-order valence-corrected chi connectivity index (χ2v) is 10.6. The summed E-state index contributed by atoms with van der Waals surface area (Å²) in [5.74, 6) is 0. The molecule has 0 aliphatic heterocycles. The number of hydrogen-bond acceptors (Lipinski definition) is 2. The van der Waals surface area contributed by atoms with Crippen LogP contribution in [0.15, 0.2) is 0 Å². The molecule has 0 bridgehead atoms. The van der Waals surface area contributed by atoms with E-state index < -0.39 is 42.3 Å². The molecule has 2 nitrogen and oxygen atoms in total. The number of unbranched alkanes of at least 4 members (excludes halogenated alkanes) is 10. The van der Waals surface area contributed by atoms with Crippen molar-refractivity contribution in [2.45, 2.75) is 99.8 Å². The third kappa shape index (κ3) is 27.5. The van der Waals surface area contributed by atoms with Crippen LogP contribution >= 0.6 is 0 Å². The van der Waals surface area contributed by atoms with Gasteiger partial charge in [-0.3, -0.25) is 0 Å². The van der Waals surface area contributed by atoms with Crippen molar-refractivity contribution < 1.29 is 6.15 Å². The van der Waals surface area contributed by atoms with Gasteiger partial charge in [-0.1, -0.05) is 0 Å². The van der Waals surface area contributed by atoms with Gasteiger partial charge >= 0.3 is 148 Å². The SMILES string of the molecule is CCCCCCC[CH2][SnH]=[O].CCCCCCC[CH2][SnH]=[O].